The van der Waals surface area contributed by atoms with Gasteiger partial charge >= 0.3 is 11.9 Å². The molecular weight excluding hydrogens is 552 g/mol. The summed E-state index contributed by atoms with van der Waals surface area (Å²) < 4.78 is 17.0. The third kappa shape index (κ3) is 12.7. The lowest BCUT2D eigenvalue weighted by atomic mass is 10.1. The Balaban J connectivity index is 1.43. The van der Waals surface area contributed by atoms with Crippen LogP contribution >= 0.6 is 0 Å². The first-order chi connectivity index (χ1) is 21.5. The van der Waals surface area contributed by atoms with Crippen LogP contribution in [0.4, 0.5) is 11.4 Å². The average molecular weight is 601 g/mol. The van der Waals surface area contributed by atoms with Crippen LogP contribution in [0, 0.1) is 0 Å². The van der Waals surface area contributed by atoms with Gasteiger partial charge in [-0.05, 0) is 98.5 Å². The zero-order valence-corrected chi connectivity index (χ0v) is 26.6. The van der Waals surface area contributed by atoms with Crippen LogP contribution < -0.4 is 9.47 Å². The minimum absolute atomic E-state index is 0.0842. The Morgan fingerprint density at radius 3 is 1.70 bits per heavy atom. The highest BCUT2D eigenvalue weighted by Crippen LogP contribution is 2.23. The second-order valence-electron chi connectivity index (χ2n) is 11.1. The van der Waals surface area contributed by atoms with Gasteiger partial charge in [-0.1, -0.05) is 72.1 Å². The third-order valence-corrected chi connectivity index (χ3v) is 7.40. The van der Waals surface area contributed by atoms with Crippen molar-refractivity contribution in [3.63, 3.8) is 0 Å². The smallest absolute Gasteiger partial charge is 0.343 e. The fraction of sp³-hybridized carbons (Fsp3) is 0.459. The van der Waals surface area contributed by atoms with Crippen molar-refractivity contribution < 1.29 is 23.8 Å². The number of hydrogen-bond donors (Lipinski definition) is 0. The molecule has 0 amide bonds. The molecule has 0 aliphatic rings. The fourth-order valence-corrected chi connectivity index (χ4v) is 4.65. The van der Waals surface area contributed by atoms with Gasteiger partial charge in [0.15, 0.2) is 0 Å². The SMILES string of the molecule is CCCCCCCCOc1ccc(N=Nc2ccc(C(=O)Oc3ccc(C(=O)O[C@@H](CC)CCCCCC)cc3)cc2)cc1. The first-order valence-electron chi connectivity index (χ1n) is 16.3. The molecule has 0 aromatic heterocycles. The van der Waals surface area contributed by atoms with E-state index >= 15 is 0 Å². The van der Waals surface area contributed by atoms with Crippen molar-refractivity contribution in [2.45, 2.75) is 104 Å². The predicted octanol–water partition coefficient (Wildman–Crippen LogP) is 11.0. The number of rotatable bonds is 20. The molecule has 0 saturated carbocycles. The molecule has 44 heavy (non-hydrogen) atoms. The Morgan fingerprint density at radius 2 is 1.09 bits per heavy atom. The van der Waals surface area contributed by atoms with Gasteiger partial charge in [0.25, 0.3) is 0 Å². The number of nitrogens with zero attached hydrogens (tertiary/aromatic N) is 2. The molecule has 0 radical (unpaired) electrons. The average Bonchev–Trinajstić information content (AvgIpc) is 3.05. The van der Waals surface area contributed by atoms with Gasteiger partial charge in [0, 0.05) is 0 Å². The number of azo groups is 1. The van der Waals surface area contributed by atoms with Crippen LogP contribution in [0.3, 0.4) is 0 Å². The summed E-state index contributed by atoms with van der Waals surface area (Å²) in [6.07, 6.45) is 13.6. The van der Waals surface area contributed by atoms with Gasteiger partial charge < -0.3 is 14.2 Å². The molecule has 0 aliphatic carbocycles. The standard InChI is InChI=1S/C37H48N2O5/c1-4-7-9-11-12-14-28-42-34-26-22-32(23-27-34)39-38-31-20-16-29(17-21-31)37(41)44-35-24-18-30(19-25-35)36(40)43-33(6-3)15-13-10-8-5-2/h16-27,33H,4-15,28H2,1-3H3/t33-/m0/s1. The molecule has 0 bridgehead atoms. The minimum Gasteiger partial charge on any atom is -0.494 e. The van der Waals surface area contributed by atoms with Crippen molar-refractivity contribution in [3.05, 3.63) is 83.9 Å². The number of hydrogen-bond acceptors (Lipinski definition) is 7. The topological polar surface area (TPSA) is 86.5 Å². The molecule has 0 aliphatic heterocycles. The number of esters is 2. The van der Waals surface area contributed by atoms with E-state index in [1.165, 1.54) is 44.9 Å². The number of carbonyl (C=O) groups excluding carboxylic acids is 2. The van der Waals surface area contributed by atoms with Gasteiger partial charge in [-0.15, -0.1) is 0 Å². The van der Waals surface area contributed by atoms with E-state index in [1.807, 2.05) is 31.2 Å². The molecule has 0 fully saturated rings. The maximum absolute atomic E-state index is 12.7. The third-order valence-electron chi connectivity index (χ3n) is 7.40. The van der Waals surface area contributed by atoms with Crippen molar-refractivity contribution >= 4 is 23.3 Å². The Labute approximate surface area is 263 Å². The molecule has 0 heterocycles. The zero-order chi connectivity index (χ0) is 31.4. The van der Waals surface area contributed by atoms with Crippen LogP contribution in [0.25, 0.3) is 0 Å². The Hall–Kier alpha value is -4.00. The normalized spacial score (nSPS) is 11.8. The number of unbranched alkanes of at least 4 members (excludes halogenated alkanes) is 8. The number of ether oxygens (including phenoxy) is 3. The monoisotopic (exact) mass is 600 g/mol. The van der Waals surface area contributed by atoms with Gasteiger partial charge in [-0.2, -0.15) is 10.2 Å². The lowest BCUT2D eigenvalue weighted by Crippen LogP contribution is -2.17. The molecule has 3 aromatic rings. The van der Waals surface area contributed by atoms with E-state index in [1.54, 1.807) is 48.5 Å². The minimum atomic E-state index is -0.501. The van der Waals surface area contributed by atoms with Crippen LogP contribution in [0.2, 0.25) is 0 Å². The molecule has 7 nitrogen and oxygen atoms in total. The fourth-order valence-electron chi connectivity index (χ4n) is 4.65. The quantitative estimate of drug-likeness (QED) is 0.0557. The van der Waals surface area contributed by atoms with Crippen LogP contribution in [-0.4, -0.2) is 24.6 Å². The van der Waals surface area contributed by atoms with Crippen LogP contribution in [0.1, 0.15) is 119 Å². The van der Waals surface area contributed by atoms with Crippen molar-refractivity contribution in [3.8, 4) is 11.5 Å². The molecule has 0 unspecified atom stereocenters. The van der Waals surface area contributed by atoms with E-state index in [0.29, 0.717) is 28.3 Å². The molecule has 0 spiro atoms. The summed E-state index contributed by atoms with van der Waals surface area (Å²) in [5.41, 5.74) is 2.14. The van der Waals surface area contributed by atoms with Gasteiger partial charge in [-0.3, -0.25) is 0 Å². The Morgan fingerprint density at radius 1 is 0.591 bits per heavy atom. The van der Waals surface area contributed by atoms with Gasteiger partial charge in [0.05, 0.1) is 29.1 Å². The van der Waals surface area contributed by atoms with Crippen LogP contribution in [0.5, 0.6) is 11.5 Å². The van der Waals surface area contributed by atoms with E-state index < -0.39 is 5.97 Å². The van der Waals surface area contributed by atoms with Gasteiger partial charge in [-0.25, -0.2) is 9.59 Å². The maximum Gasteiger partial charge on any atom is 0.343 e. The summed E-state index contributed by atoms with van der Waals surface area (Å²) >= 11 is 0. The number of benzene rings is 3. The summed E-state index contributed by atoms with van der Waals surface area (Å²) in [5, 5.41) is 8.55. The highest BCUT2D eigenvalue weighted by molar-refractivity contribution is 5.92. The molecular formula is C37H48N2O5. The lowest BCUT2D eigenvalue weighted by Gasteiger charge is -2.16. The van der Waals surface area contributed by atoms with E-state index in [2.05, 4.69) is 24.1 Å². The zero-order valence-electron chi connectivity index (χ0n) is 26.6. The predicted molar refractivity (Wildman–Crippen MR) is 176 cm³/mol. The van der Waals surface area contributed by atoms with E-state index in [9.17, 15) is 9.59 Å². The molecule has 0 saturated heterocycles. The maximum atomic E-state index is 12.7. The van der Waals surface area contributed by atoms with Crippen LogP contribution in [-0.2, 0) is 4.74 Å². The first-order valence-corrected chi connectivity index (χ1v) is 16.3. The highest BCUT2D eigenvalue weighted by Gasteiger charge is 2.15. The van der Waals surface area contributed by atoms with E-state index in [4.69, 9.17) is 14.2 Å². The molecule has 1 atom stereocenters. The lowest BCUT2D eigenvalue weighted by molar-refractivity contribution is 0.0267. The van der Waals surface area contributed by atoms with Crippen LogP contribution in [0.15, 0.2) is 83.0 Å². The summed E-state index contributed by atoms with van der Waals surface area (Å²) in [5.74, 6) is 0.316. The largest absolute Gasteiger partial charge is 0.494 e. The molecule has 0 N–H and O–H groups in total. The van der Waals surface area contributed by atoms with Gasteiger partial charge in [0.2, 0.25) is 0 Å². The first kappa shape index (κ1) is 34.5. The van der Waals surface area contributed by atoms with Crippen molar-refractivity contribution in [1.82, 2.24) is 0 Å². The van der Waals surface area contributed by atoms with E-state index in [0.717, 1.165) is 44.5 Å². The van der Waals surface area contributed by atoms with E-state index in [-0.39, 0.29) is 12.1 Å². The molecule has 3 aromatic carbocycles. The summed E-state index contributed by atoms with van der Waals surface area (Å²) in [4.78, 5) is 25.2. The van der Waals surface area contributed by atoms with Crippen molar-refractivity contribution in [1.29, 1.82) is 0 Å². The number of carbonyl (C=O) groups is 2. The van der Waals surface area contributed by atoms with Gasteiger partial charge in [0.1, 0.15) is 17.6 Å². The van der Waals surface area contributed by atoms with Crippen molar-refractivity contribution in [2.75, 3.05) is 6.61 Å². The second kappa shape index (κ2) is 20.0. The molecule has 7 heteroatoms. The molecule has 236 valence electrons. The summed E-state index contributed by atoms with van der Waals surface area (Å²) in [6, 6.07) is 20.7. The Kier molecular flexibility index (Phi) is 15.7. The van der Waals surface area contributed by atoms with Crippen molar-refractivity contribution in [2.24, 2.45) is 10.2 Å². The molecule has 3 rings (SSSR count). The second-order valence-corrected chi connectivity index (χ2v) is 11.1. The summed E-state index contributed by atoms with van der Waals surface area (Å²) in [6.45, 7) is 7.16. The Bertz CT molecular complexity index is 1270. The highest BCUT2D eigenvalue weighted by atomic mass is 16.5. The summed E-state index contributed by atoms with van der Waals surface area (Å²) in [7, 11) is 0.